The van der Waals surface area contributed by atoms with Gasteiger partial charge >= 0.3 is 0 Å². The average molecular weight is 357 g/mol. The number of hydrogen-bond donors (Lipinski definition) is 2. The van der Waals surface area contributed by atoms with Crippen LogP contribution in [0.15, 0.2) is 24.3 Å². The molecule has 0 spiro atoms. The fourth-order valence-corrected chi connectivity index (χ4v) is 2.83. The highest BCUT2D eigenvalue weighted by Crippen LogP contribution is 2.24. The van der Waals surface area contributed by atoms with Crippen LogP contribution in [0, 0.1) is 16.1 Å². The normalized spacial score (nSPS) is 11.4. The Kier molecular flexibility index (Phi) is 5.75. The zero-order valence-corrected chi connectivity index (χ0v) is 15.8. The number of aromatic amines is 1. The molecule has 2 rings (SSSR count). The molecular weight excluding hydrogens is 334 g/mol. The Bertz CT molecular complexity index is 857. The molecule has 0 aliphatic rings. The Hall–Kier alpha value is -2.46. The highest BCUT2D eigenvalue weighted by atomic mass is 32.1. The molecule has 132 valence electrons. The number of amides is 1. The van der Waals surface area contributed by atoms with E-state index in [2.05, 4.69) is 21.6 Å². The number of carbonyl (C=O) groups is 1. The van der Waals surface area contributed by atoms with Crippen molar-refractivity contribution in [3.8, 4) is 6.07 Å². The first kappa shape index (κ1) is 18.9. The summed E-state index contributed by atoms with van der Waals surface area (Å²) in [5.74, 6) is 1.03. The molecule has 1 aromatic carbocycles. The number of nitriles is 1. The molecule has 1 heterocycles. The van der Waals surface area contributed by atoms with Crippen LogP contribution in [0.25, 0.3) is 0 Å². The lowest BCUT2D eigenvalue weighted by molar-refractivity contribution is -0.125. The predicted octanol–water partition coefficient (Wildman–Crippen LogP) is 3.03. The number of H-pyrrole nitrogens is 1. The number of rotatable bonds is 6. The van der Waals surface area contributed by atoms with Crippen molar-refractivity contribution in [3.63, 3.8) is 0 Å². The zero-order valence-electron chi connectivity index (χ0n) is 15.0. The van der Waals surface area contributed by atoms with E-state index in [1.54, 1.807) is 18.2 Å². The number of nitrogens with zero attached hydrogens (tertiary/aromatic N) is 3. The van der Waals surface area contributed by atoms with E-state index in [-0.39, 0.29) is 11.8 Å². The minimum atomic E-state index is -0.731. The van der Waals surface area contributed by atoms with Crippen molar-refractivity contribution in [3.05, 3.63) is 46.0 Å². The van der Waals surface area contributed by atoms with E-state index in [0.29, 0.717) is 23.4 Å². The Morgan fingerprint density at radius 3 is 2.84 bits per heavy atom. The second-order valence-electron chi connectivity index (χ2n) is 6.77. The van der Waals surface area contributed by atoms with Gasteiger partial charge < -0.3 is 9.88 Å². The number of benzene rings is 1. The Balaban J connectivity index is 2.06. The van der Waals surface area contributed by atoms with E-state index in [1.165, 1.54) is 0 Å². The second-order valence-corrected chi connectivity index (χ2v) is 7.15. The van der Waals surface area contributed by atoms with Gasteiger partial charge in [0.05, 0.1) is 17.0 Å². The minimum Gasteiger partial charge on any atom is -0.354 e. The van der Waals surface area contributed by atoms with Gasteiger partial charge in [0.1, 0.15) is 5.82 Å². The van der Waals surface area contributed by atoms with Gasteiger partial charge in [-0.1, -0.05) is 26.0 Å². The number of carbonyl (C=O) groups excluding carboxylic acids is 1. The van der Waals surface area contributed by atoms with Crippen molar-refractivity contribution in [2.24, 2.45) is 0 Å². The summed E-state index contributed by atoms with van der Waals surface area (Å²) in [6.45, 7) is 8.80. The molecule has 0 radical (unpaired) electrons. The van der Waals surface area contributed by atoms with Crippen LogP contribution in [0.2, 0.25) is 0 Å². The summed E-state index contributed by atoms with van der Waals surface area (Å²) in [6, 6.07) is 9.25. The highest BCUT2D eigenvalue weighted by Gasteiger charge is 2.29. The lowest BCUT2D eigenvalue weighted by Gasteiger charge is -2.24. The molecule has 0 saturated heterocycles. The van der Waals surface area contributed by atoms with Gasteiger partial charge in [-0.25, -0.2) is 0 Å². The third-order valence-electron chi connectivity index (χ3n) is 4.21. The van der Waals surface area contributed by atoms with E-state index < -0.39 is 5.41 Å². The van der Waals surface area contributed by atoms with Crippen molar-refractivity contribution in [2.75, 3.05) is 6.54 Å². The molecule has 0 aliphatic heterocycles. The molecule has 0 aliphatic carbocycles. The van der Waals surface area contributed by atoms with Gasteiger partial charge in [-0.3, -0.25) is 9.89 Å². The van der Waals surface area contributed by atoms with Gasteiger partial charge in [0.2, 0.25) is 5.91 Å². The van der Waals surface area contributed by atoms with Crippen LogP contribution >= 0.6 is 12.2 Å². The molecule has 2 N–H and O–H groups in total. The third kappa shape index (κ3) is 4.15. The van der Waals surface area contributed by atoms with Crippen molar-refractivity contribution < 1.29 is 4.79 Å². The molecule has 0 bridgehead atoms. The van der Waals surface area contributed by atoms with Gasteiger partial charge in [-0.2, -0.15) is 10.4 Å². The van der Waals surface area contributed by atoms with Gasteiger partial charge in [-0.15, -0.1) is 0 Å². The lowest BCUT2D eigenvalue weighted by atomic mass is 9.83. The Labute approximate surface area is 152 Å². The van der Waals surface area contributed by atoms with Crippen molar-refractivity contribution in [1.29, 1.82) is 5.26 Å². The number of nitrogens with one attached hydrogen (secondary N) is 2. The molecular formula is C18H23N5OS. The van der Waals surface area contributed by atoms with E-state index in [1.807, 2.05) is 38.3 Å². The van der Waals surface area contributed by atoms with Crippen LogP contribution in [0.4, 0.5) is 0 Å². The molecule has 0 atom stereocenters. The van der Waals surface area contributed by atoms with Crippen LogP contribution in [0.3, 0.4) is 0 Å². The molecule has 1 aromatic heterocycles. The highest BCUT2D eigenvalue weighted by molar-refractivity contribution is 7.71. The Morgan fingerprint density at radius 1 is 1.48 bits per heavy atom. The topological polar surface area (TPSA) is 86.5 Å². The summed E-state index contributed by atoms with van der Waals surface area (Å²) in [5.41, 5.74) is 0.627. The Morgan fingerprint density at radius 2 is 2.20 bits per heavy atom. The van der Waals surface area contributed by atoms with Crippen molar-refractivity contribution in [1.82, 2.24) is 20.1 Å². The van der Waals surface area contributed by atoms with Gasteiger partial charge in [-0.05, 0) is 43.8 Å². The van der Waals surface area contributed by atoms with Crippen molar-refractivity contribution in [2.45, 2.75) is 45.6 Å². The average Bonchev–Trinajstić information content (AvgIpc) is 2.96. The molecule has 7 heteroatoms. The monoisotopic (exact) mass is 357 g/mol. The van der Waals surface area contributed by atoms with Crippen LogP contribution in [-0.4, -0.2) is 27.2 Å². The summed E-state index contributed by atoms with van der Waals surface area (Å²) in [6.07, 6.45) is 0. The first-order valence-corrected chi connectivity index (χ1v) is 8.62. The van der Waals surface area contributed by atoms with Crippen molar-refractivity contribution >= 4 is 18.1 Å². The van der Waals surface area contributed by atoms with Crippen LogP contribution < -0.4 is 5.32 Å². The molecule has 0 fully saturated rings. The first-order chi connectivity index (χ1) is 11.8. The van der Waals surface area contributed by atoms with Gasteiger partial charge in [0, 0.05) is 19.0 Å². The molecule has 2 aromatic rings. The predicted molar refractivity (Wildman–Crippen MR) is 98.7 cm³/mol. The summed E-state index contributed by atoms with van der Waals surface area (Å²) >= 11 is 5.25. The summed E-state index contributed by atoms with van der Waals surface area (Å²) in [7, 11) is 0. The summed E-state index contributed by atoms with van der Waals surface area (Å²) < 4.78 is 2.46. The third-order valence-corrected chi connectivity index (χ3v) is 4.52. The van der Waals surface area contributed by atoms with Crippen LogP contribution in [0.5, 0.6) is 0 Å². The zero-order chi connectivity index (χ0) is 18.6. The fraction of sp³-hybridized carbons (Fsp3) is 0.444. The number of hydrogen-bond acceptors (Lipinski definition) is 4. The molecule has 0 saturated carbocycles. The quantitative estimate of drug-likeness (QED) is 0.778. The smallest absolute Gasteiger partial charge is 0.230 e. The maximum Gasteiger partial charge on any atom is 0.230 e. The standard InChI is InChI=1S/C18H23N5OS/c1-12(2)15-21-22-17(25)23(15)9-8-20-16(24)18(3,4)14-7-5-6-13(10-14)11-19/h5-7,10,12H,8-9H2,1-4H3,(H,20,24)(H,22,25). The molecule has 0 unspecified atom stereocenters. The van der Waals surface area contributed by atoms with Crippen LogP contribution in [0.1, 0.15) is 50.6 Å². The molecule has 25 heavy (non-hydrogen) atoms. The van der Waals surface area contributed by atoms with E-state index in [4.69, 9.17) is 17.5 Å². The second kappa shape index (κ2) is 7.62. The van der Waals surface area contributed by atoms with E-state index in [9.17, 15) is 4.79 Å². The fourth-order valence-electron chi connectivity index (χ4n) is 2.60. The maximum absolute atomic E-state index is 12.6. The summed E-state index contributed by atoms with van der Waals surface area (Å²) in [4.78, 5) is 12.6. The molecule has 6 nitrogen and oxygen atoms in total. The van der Waals surface area contributed by atoms with Crippen LogP contribution in [-0.2, 0) is 16.8 Å². The summed E-state index contributed by atoms with van der Waals surface area (Å²) in [5, 5.41) is 19.0. The van der Waals surface area contributed by atoms with E-state index in [0.717, 1.165) is 11.4 Å². The van der Waals surface area contributed by atoms with Gasteiger partial charge in [0.15, 0.2) is 4.77 Å². The minimum absolute atomic E-state index is 0.0938. The SMILES string of the molecule is CC(C)c1n[nH]c(=S)n1CCNC(=O)C(C)(C)c1cccc(C#N)c1. The number of aromatic nitrogens is 3. The lowest BCUT2D eigenvalue weighted by Crippen LogP contribution is -2.41. The van der Waals surface area contributed by atoms with Gasteiger partial charge in [0.25, 0.3) is 0 Å². The maximum atomic E-state index is 12.6. The molecule has 1 amide bonds. The van der Waals surface area contributed by atoms with E-state index >= 15 is 0 Å². The largest absolute Gasteiger partial charge is 0.354 e. The first-order valence-electron chi connectivity index (χ1n) is 8.21.